The second-order valence-electron chi connectivity index (χ2n) is 3.20. The number of rotatable bonds is 2. The van der Waals surface area contributed by atoms with E-state index in [0.29, 0.717) is 11.1 Å². The van der Waals surface area contributed by atoms with Gasteiger partial charge in [-0.15, -0.1) is 0 Å². The highest BCUT2D eigenvalue weighted by Gasteiger charge is 2.05. The molecule has 1 aromatic rings. The van der Waals surface area contributed by atoms with Crippen molar-refractivity contribution in [3.63, 3.8) is 0 Å². The minimum Gasteiger partial charge on any atom is -0.295 e. The predicted octanol–water partition coefficient (Wildman–Crippen LogP) is 2.40. The number of Topliss-reactive ketones (excluding diaryl/α,β-unsaturated/α-hetero) is 2. The zero-order valence-electron chi connectivity index (χ0n) is 8.05. The summed E-state index contributed by atoms with van der Waals surface area (Å²) in [6, 6.07) is 5.21. The highest BCUT2D eigenvalue weighted by atomic mass is 16.1. The van der Waals surface area contributed by atoms with E-state index in [0.717, 1.165) is 5.56 Å². The Hall–Kier alpha value is -1.44. The van der Waals surface area contributed by atoms with Gasteiger partial charge in [-0.05, 0) is 44.5 Å². The van der Waals surface area contributed by atoms with Gasteiger partial charge in [-0.2, -0.15) is 0 Å². The topological polar surface area (TPSA) is 34.1 Å². The van der Waals surface area contributed by atoms with E-state index >= 15 is 0 Å². The van der Waals surface area contributed by atoms with Crippen LogP contribution in [-0.4, -0.2) is 11.6 Å². The van der Waals surface area contributed by atoms with Gasteiger partial charge in [-0.25, -0.2) is 0 Å². The molecule has 0 atom stereocenters. The lowest BCUT2D eigenvalue weighted by Gasteiger charge is -2.01. The molecule has 0 aliphatic heterocycles. The Morgan fingerprint density at radius 2 is 1.31 bits per heavy atom. The van der Waals surface area contributed by atoms with Crippen molar-refractivity contribution >= 4 is 11.6 Å². The molecule has 0 spiro atoms. The maximum Gasteiger partial charge on any atom is 0.159 e. The molecule has 0 unspecified atom stereocenters. The van der Waals surface area contributed by atoms with Crippen molar-refractivity contribution in [1.82, 2.24) is 0 Å². The van der Waals surface area contributed by atoms with Crippen LogP contribution in [0.2, 0.25) is 0 Å². The second-order valence-corrected chi connectivity index (χ2v) is 3.20. The zero-order valence-corrected chi connectivity index (χ0v) is 8.05. The summed E-state index contributed by atoms with van der Waals surface area (Å²) in [5, 5.41) is 0. The van der Waals surface area contributed by atoms with Crippen LogP contribution in [0.15, 0.2) is 18.2 Å². The summed E-state index contributed by atoms with van der Waals surface area (Å²) in [4.78, 5) is 22.1. The summed E-state index contributed by atoms with van der Waals surface area (Å²) in [6.45, 7) is 4.87. The third-order valence-corrected chi connectivity index (χ3v) is 1.89. The minimum atomic E-state index is -0.00815. The summed E-state index contributed by atoms with van der Waals surface area (Å²) in [5.41, 5.74) is 2.15. The molecule has 1 aromatic carbocycles. The fourth-order valence-electron chi connectivity index (χ4n) is 1.19. The number of aryl methyl sites for hydroxylation is 1. The molecule has 0 radical (unpaired) electrons. The van der Waals surface area contributed by atoms with Crippen molar-refractivity contribution in [2.24, 2.45) is 0 Å². The minimum absolute atomic E-state index is 0.00815. The van der Waals surface area contributed by atoms with E-state index in [4.69, 9.17) is 0 Å². The average Bonchev–Trinajstić information content (AvgIpc) is 2.03. The first kappa shape index (κ1) is 9.65. The van der Waals surface area contributed by atoms with Crippen LogP contribution in [0.5, 0.6) is 0 Å². The van der Waals surface area contributed by atoms with Crippen molar-refractivity contribution in [1.29, 1.82) is 0 Å². The Morgan fingerprint density at radius 1 is 0.923 bits per heavy atom. The van der Waals surface area contributed by atoms with Gasteiger partial charge in [0.25, 0.3) is 0 Å². The molecule has 0 saturated heterocycles. The average molecular weight is 176 g/mol. The van der Waals surface area contributed by atoms with Gasteiger partial charge in [0, 0.05) is 11.1 Å². The van der Waals surface area contributed by atoms with Gasteiger partial charge in [0.1, 0.15) is 0 Å². The molecule has 1 rings (SSSR count). The quantitative estimate of drug-likeness (QED) is 0.648. The van der Waals surface area contributed by atoms with E-state index in [1.165, 1.54) is 13.8 Å². The zero-order chi connectivity index (χ0) is 10.0. The van der Waals surface area contributed by atoms with Crippen LogP contribution in [0.25, 0.3) is 0 Å². The fourth-order valence-corrected chi connectivity index (χ4v) is 1.19. The van der Waals surface area contributed by atoms with E-state index < -0.39 is 0 Å². The first-order valence-corrected chi connectivity index (χ1v) is 4.14. The number of benzene rings is 1. The van der Waals surface area contributed by atoms with Crippen molar-refractivity contribution in [3.05, 3.63) is 34.9 Å². The van der Waals surface area contributed by atoms with Crippen molar-refractivity contribution < 1.29 is 9.59 Å². The largest absolute Gasteiger partial charge is 0.295 e. The first-order chi connectivity index (χ1) is 6.00. The smallest absolute Gasteiger partial charge is 0.159 e. The van der Waals surface area contributed by atoms with Crippen LogP contribution in [0.4, 0.5) is 0 Å². The van der Waals surface area contributed by atoms with Crippen LogP contribution in [0.3, 0.4) is 0 Å². The Labute approximate surface area is 77.6 Å². The van der Waals surface area contributed by atoms with Crippen LogP contribution in [-0.2, 0) is 0 Å². The van der Waals surface area contributed by atoms with Crippen LogP contribution in [0, 0.1) is 6.92 Å². The molecular formula is C11H12O2. The lowest BCUT2D eigenvalue weighted by molar-refractivity contribution is 0.101. The van der Waals surface area contributed by atoms with Gasteiger partial charge in [0.15, 0.2) is 11.6 Å². The summed E-state index contributed by atoms with van der Waals surface area (Å²) in [7, 11) is 0. The maximum atomic E-state index is 11.1. The van der Waals surface area contributed by atoms with Gasteiger partial charge < -0.3 is 0 Å². The van der Waals surface area contributed by atoms with Gasteiger partial charge in [0.05, 0.1) is 0 Å². The molecule has 68 valence electrons. The van der Waals surface area contributed by atoms with Crippen LogP contribution in [0.1, 0.15) is 40.1 Å². The summed E-state index contributed by atoms with van der Waals surface area (Å²) < 4.78 is 0. The van der Waals surface area contributed by atoms with E-state index in [1.54, 1.807) is 18.2 Å². The molecule has 0 amide bonds. The summed E-state index contributed by atoms with van der Waals surface area (Å²) in [5.74, 6) is -0.0163. The highest BCUT2D eigenvalue weighted by molar-refractivity contribution is 5.99. The van der Waals surface area contributed by atoms with Gasteiger partial charge >= 0.3 is 0 Å². The molecule has 13 heavy (non-hydrogen) atoms. The molecule has 2 heteroatoms. The van der Waals surface area contributed by atoms with Crippen LogP contribution >= 0.6 is 0 Å². The Bertz CT molecular complexity index is 332. The molecular weight excluding hydrogens is 164 g/mol. The third kappa shape index (κ3) is 2.25. The number of carbonyl (C=O) groups excluding carboxylic acids is 2. The molecule has 0 heterocycles. The molecule has 0 saturated carbocycles. The standard InChI is InChI=1S/C11H12O2/c1-7-4-10(8(2)12)6-11(5-7)9(3)13/h4-6H,1-3H3. The molecule has 0 aliphatic carbocycles. The highest BCUT2D eigenvalue weighted by Crippen LogP contribution is 2.10. The van der Waals surface area contributed by atoms with E-state index in [-0.39, 0.29) is 11.6 Å². The maximum absolute atomic E-state index is 11.1. The molecule has 0 N–H and O–H groups in total. The molecule has 0 aromatic heterocycles. The van der Waals surface area contributed by atoms with Crippen molar-refractivity contribution in [2.45, 2.75) is 20.8 Å². The molecule has 0 bridgehead atoms. The van der Waals surface area contributed by atoms with Crippen molar-refractivity contribution in [3.8, 4) is 0 Å². The molecule has 0 aliphatic rings. The fraction of sp³-hybridized carbons (Fsp3) is 0.273. The molecule has 2 nitrogen and oxygen atoms in total. The Balaban J connectivity index is 3.26. The monoisotopic (exact) mass is 176 g/mol. The summed E-state index contributed by atoms with van der Waals surface area (Å²) >= 11 is 0. The second kappa shape index (κ2) is 3.52. The van der Waals surface area contributed by atoms with E-state index in [9.17, 15) is 9.59 Å². The Kier molecular flexibility index (Phi) is 2.61. The number of ketones is 2. The number of hydrogen-bond acceptors (Lipinski definition) is 2. The molecule has 0 fully saturated rings. The van der Waals surface area contributed by atoms with E-state index in [2.05, 4.69) is 0 Å². The van der Waals surface area contributed by atoms with Gasteiger partial charge in [-0.1, -0.05) is 0 Å². The first-order valence-electron chi connectivity index (χ1n) is 4.14. The predicted molar refractivity (Wildman–Crippen MR) is 51.2 cm³/mol. The van der Waals surface area contributed by atoms with Crippen LogP contribution < -0.4 is 0 Å². The number of carbonyl (C=O) groups is 2. The lowest BCUT2D eigenvalue weighted by atomic mass is 10.0. The van der Waals surface area contributed by atoms with Crippen molar-refractivity contribution in [2.75, 3.05) is 0 Å². The normalized spacial score (nSPS) is 9.77. The third-order valence-electron chi connectivity index (χ3n) is 1.89. The SMILES string of the molecule is CC(=O)c1cc(C)cc(C(C)=O)c1. The van der Waals surface area contributed by atoms with Gasteiger partial charge in [-0.3, -0.25) is 9.59 Å². The van der Waals surface area contributed by atoms with Gasteiger partial charge in [0.2, 0.25) is 0 Å². The summed E-state index contributed by atoms with van der Waals surface area (Å²) in [6.07, 6.45) is 0. The lowest BCUT2D eigenvalue weighted by Crippen LogP contribution is -1.99. The van der Waals surface area contributed by atoms with E-state index in [1.807, 2.05) is 6.92 Å². The Morgan fingerprint density at radius 3 is 1.62 bits per heavy atom. The number of hydrogen-bond donors (Lipinski definition) is 0.